The number of para-hydroxylation sites is 1. The lowest BCUT2D eigenvalue weighted by molar-refractivity contribution is 0.581. The van der Waals surface area contributed by atoms with Crippen molar-refractivity contribution in [3.05, 3.63) is 126 Å². The molecule has 6 nitrogen and oxygen atoms in total. The zero-order chi connectivity index (χ0) is 26.7. The van der Waals surface area contributed by atoms with E-state index in [0.717, 1.165) is 27.6 Å². The van der Waals surface area contributed by atoms with Crippen molar-refractivity contribution < 1.29 is 16.8 Å². The number of rotatable bonds is 5. The molecular formula is C30H26N2O4S2. The normalized spacial score (nSPS) is 15.6. The molecule has 8 heteroatoms. The van der Waals surface area contributed by atoms with Crippen LogP contribution in [0.5, 0.6) is 0 Å². The molecule has 0 spiro atoms. The number of sulfonamides is 1. The molecule has 0 saturated heterocycles. The molecule has 0 aliphatic carbocycles. The number of aryl methyl sites for hydroxylation is 2. The van der Waals surface area contributed by atoms with E-state index in [0.29, 0.717) is 17.6 Å². The monoisotopic (exact) mass is 542 g/mol. The van der Waals surface area contributed by atoms with E-state index >= 15 is 0 Å². The van der Waals surface area contributed by atoms with Gasteiger partial charge in [-0.1, -0.05) is 65.7 Å². The maximum absolute atomic E-state index is 14.0. The standard InChI is InChI=1S/C30H26N2O4S2/c1-21-7-13-26(14-8-21)37(33,34)31-18-17-23-11-12-25(19-29(23)31)30-20-24-5-3-4-6-28(24)32(30)38(35,36)27-15-9-22(2)10-16-27/h3-19,30H,20H2,1-2H3. The Hall–Kier alpha value is -3.88. The second-order valence-corrected chi connectivity index (χ2v) is 13.3. The highest BCUT2D eigenvalue weighted by Crippen LogP contribution is 2.44. The lowest BCUT2D eigenvalue weighted by atomic mass is 10.0. The van der Waals surface area contributed by atoms with Crippen LogP contribution in [-0.4, -0.2) is 20.8 Å². The first-order chi connectivity index (χ1) is 18.2. The van der Waals surface area contributed by atoms with Crippen molar-refractivity contribution in [3.63, 3.8) is 0 Å². The topological polar surface area (TPSA) is 76.5 Å². The van der Waals surface area contributed by atoms with Gasteiger partial charge in [0.2, 0.25) is 0 Å². The van der Waals surface area contributed by atoms with Gasteiger partial charge in [0.15, 0.2) is 0 Å². The van der Waals surface area contributed by atoms with E-state index < -0.39 is 26.1 Å². The van der Waals surface area contributed by atoms with Crippen molar-refractivity contribution in [1.82, 2.24) is 3.97 Å². The molecule has 0 radical (unpaired) electrons. The Morgan fingerprint density at radius 2 is 1.29 bits per heavy atom. The van der Waals surface area contributed by atoms with E-state index in [4.69, 9.17) is 0 Å². The molecule has 0 N–H and O–H groups in total. The first kappa shape index (κ1) is 24.5. The van der Waals surface area contributed by atoms with E-state index in [2.05, 4.69) is 0 Å². The smallest absolute Gasteiger partial charge is 0.258 e. The molecular weight excluding hydrogens is 516 g/mol. The fourth-order valence-corrected chi connectivity index (χ4v) is 8.11. The van der Waals surface area contributed by atoms with Crippen molar-refractivity contribution in [1.29, 1.82) is 0 Å². The summed E-state index contributed by atoms with van der Waals surface area (Å²) in [5.41, 5.74) is 4.74. The maximum Gasteiger partial charge on any atom is 0.268 e. The quantitative estimate of drug-likeness (QED) is 0.273. The Balaban J connectivity index is 1.49. The zero-order valence-electron chi connectivity index (χ0n) is 20.9. The number of nitrogens with zero attached hydrogens (tertiary/aromatic N) is 2. The van der Waals surface area contributed by atoms with Crippen LogP contribution in [0.1, 0.15) is 28.3 Å². The Kier molecular flexibility index (Phi) is 5.70. The highest BCUT2D eigenvalue weighted by Gasteiger charge is 2.39. The maximum atomic E-state index is 14.0. The first-order valence-electron chi connectivity index (χ1n) is 12.3. The molecule has 4 aromatic carbocycles. The van der Waals surface area contributed by atoms with Crippen molar-refractivity contribution in [2.75, 3.05) is 4.31 Å². The predicted octanol–water partition coefficient (Wildman–Crippen LogP) is 5.99. The molecule has 2 heterocycles. The molecule has 0 fully saturated rings. The summed E-state index contributed by atoms with van der Waals surface area (Å²) in [6, 6.07) is 27.9. The van der Waals surface area contributed by atoms with Crippen LogP contribution in [0.2, 0.25) is 0 Å². The van der Waals surface area contributed by atoms with E-state index in [1.54, 1.807) is 66.9 Å². The van der Waals surface area contributed by atoms with Crippen LogP contribution >= 0.6 is 0 Å². The van der Waals surface area contributed by atoms with Crippen LogP contribution in [0.15, 0.2) is 113 Å². The lowest BCUT2D eigenvalue weighted by Crippen LogP contribution is -2.32. The minimum absolute atomic E-state index is 0.197. The Labute approximate surface area is 222 Å². The van der Waals surface area contributed by atoms with Gasteiger partial charge in [0.1, 0.15) is 0 Å². The molecule has 38 heavy (non-hydrogen) atoms. The second kappa shape index (κ2) is 8.85. The van der Waals surface area contributed by atoms with Gasteiger partial charge in [0.25, 0.3) is 20.0 Å². The second-order valence-electron chi connectivity index (χ2n) is 9.71. The van der Waals surface area contributed by atoms with Crippen LogP contribution in [0.4, 0.5) is 5.69 Å². The van der Waals surface area contributed by atoms with Crippen LogP contribution in [0.3, 0.4) is 0 Å². The summed E-state index contributed by atoms with van der Waals surface area (Å²) >= 11 is 0. The lowest BCUT2D eigenvalue weighted by Gasteiger charge is -2.27. The Bertz CT molecular complexity index is 1890. The fourth-order valence-electron chi connectivity index (χ4n) is 5.09. The number of hydrogen-bond donors (Lipinski definition) is 0. The molecule has 1 aliphatic rings. The molecule has 1 aliphatic heterocycles. The third-order valence-corrected chi connectivity index (χ3v) is 10.7. The highest BCUT2D eigenvalue weighted by atomic mass is 32.2. The molecule has 1 aromatic heterocycles. The van der Waals surface area contributed by atoms with E-state index in [1.165, 1.54) is 8.28 Å². The van der Waals surface area contributed by atoms with Crippen LogP contribution in [-0.2, 0) is 26.5 Å². The average molecular weight is 543 g/mol. The van der Waals surface area contributed by atoms with Crippen LogP contribution in [0.25, 0.3) is 10.9 Å². The van der Waals surface area contributed by atoms with E-state index in [-0.39, 0.29) is 9.79 Å². The van der Waals surface area contributed by atoms with E-state index in [9.17, 15) is 16.8 Å². The van der Waals surface area contributed by atoms with Gasteiger partial charge in [0.05, 0.1) is 27.0 Å². The summed E-state index contributed by atoms with van der Waals surface area (Å²) in [6.07, 6.45) is 2.03. The van der Waals surface area contributed by atoms with Crippen molar-refractivity contribution >= 4 is 36.6 Å². The third-order valence-electron chi connectivity index (χ3n) is 7.15. The summed E-state index contributed by atoms with van der Waals surface area (Å²) < 4.78 is 57.7. The van der Waals surface area contributed by atoms with Crippen LogP contribution < -0.4 is 4.31 Å². The Morgan fingerprint density at radius 1 is 0.684 bits per heavy atom. The van der Waals surface area contributed by atoms with Gasteiger partial charge in [-0.05, 0) is 67.4 Å². The van der Waals surface area contributed by atoms with Gasteiger partial charge in [-0.2, -0.15) is 0 Å². The number of benzene rings is 4. The highest BCUT2D eigenvalue weighted by molar-refractivity contribution is 7.93. The van der Waals surface area contributed by atoms with Gasteiger partial charge in [-0.25, -0.2) is 20.8 Å². The predicted molar refractivity (Wildman–Crippen MR) is 149 cm³/mol. The molecule has 1 atom stereocenters. The minimum atomic E-state index is -3.88. The van der Waals surface area contributed by atoms with Gasteiger partial charge in [-0.3, -0.25) is 4.31 Å². The van der Waals surface area contributed by atoms with E-state index in [1.807, 2.05) is 50.2 Å². The zero-order valence-corrected chi connectivity index (χ0v) is 22.6. The average Bonchev–Trinajstić information content (AvgIpc) is 3.51. The summed E-state index contributed by atoms with van der Waals surface area (Å²) in [6.45, 7) is 3.82. The molecule has 0 saturated carbocycles. The van der Waals surface area contributed by atoms with Crippen molar-refractivity contribution in [3.8, 4) is 0 Å². The summed E-state index contributed by atoms with van der Waals surface area (Å²) in [4.78, 5) is 0.416. The van der Waals surface area contributed by atoms with Gasteiger partial charge in [-0.15, -0.1) is 0 Å². The van der Waals surface area contributed by atoms with Crippen molar-refractivity contribution in [2.24, 2.45) is 0 Å². The summed E-state index contributed by atoms with van der Waals surface area (Å²) in [5, 5.41) is 0.757. The third kappa shape index (κ3) is 3.92. The minimum Gasteiger partial charge on any atom is -0.258 e. The molecule has 6 rings (SSSR count). The number of aromatic nitrogens is 1. The molecule has 0 amide bonds. The summed E-state index contributed by atoms with van der Waals surface area (Å²) in [7, 11) is -7.72. The number of fused-ring (bicyclic) bond motifs is 2. The van der Waals surface area contributed by atoms with Gasteiger partial charge < -0.3 is 0 Å². The first-order valence-corrected chi connectivity index (χ1v) is 15.2. The number of anilines is 1. The molecule has 5 aromatic rings. The largest absolute Gasteiger partial charge is 0.268 e. The molecule has 192 valence electrons. The SMILES string of the molecule is Cc1ccc(S(=O)(=O)N2c3ccccc3CC2c2ccc3ccn(S(=O)(=O)c4ccc(C)cc4)c3c2)cc1. The summed E-state index contributed by atoms with van der Waals surface area (Å²) in [5.74, 6) is 0. The van der Waals surface area contributed by atoms with Crippen molar-refractivity contribution in [2.45, 2.75) is 36.1 Å². The van der Waals surface area contributed by atoms with Gasteiger partial charge >= 0.3 is 0 Å². The Morgan fingerprint density at radius 3 is 1.95 bits per heavy atom. The van der Waals surface area contributed by atoms with Gasteiger partial charge in [0, 0.05) is 18.0 Å². The molecule has 0 bridgehead atoms. The molecule has 1 unspecified atom stereocenters. The van der Waals surface area contributed by atoms with Crippen LogP contribution in [0, 0.1) is 13.8 Å². The number of hydrogen-bond acceptors (Lipinski definition) is 4. The fraction of sp³-hybridized carbons (Fsp3) is 0.133.